The molecule has 7 heteroatoms. The molecule has 2 N–H and O–H groups in total. The Bertz CT molecular complexity index is 1070. The number of hydrogen-bond acceptors (Lipinski definition) is 4. The molecule has 3 aromatic rings. The van der Waals surface area contributed by atoms with Crippen molar-refractivity contribution in [3.63, 3.8) is 0 Å². The highest BCUT2D eigenvalue weighted by Gasteiger charge is 2.50. The molecule has 7 nitrogen and oxygen atoms in total. The van der Waals surface area contributed by atoms with E-state index >= 15 is 0 Å². The molecule has 0 aliphatic carbocycles. The predicted octanol–water partition coefficient (Wildman–Crippen LogP) is 4.35. The van der Waals surface area contributed by atoms with E-state index in [4.69, 9.17) is 4.74 Å². The maximum absolute atomic E-state index is 12.0. The van der Waals surface area contributed by atoms with Crippen LogP contribution in [0.4, 0.5) is 4.79 Å². The number of hydrogen-bond donors (Lipinski definition) is 2. The number of nitrogens with zero attached hydrogens (tertiary/aromatic N) is 3. The van der Waals surface area contributed by atoms with Gasteiger partial charge in [0.1, 0.15) is 23.2 Å². The van der Waals surface area contributed by atoms with Crippen molar-refractivity contribution in [1.82, 2.24) is 9.55 Å². The summed E-state index contributed by atoms with van der Waals surface area (Å²) in [6.45, 7) is 7.09. The van der Waals surface area contributed by atoms with Gasteiger partial charge in [-0.1, -0.05) is 6.07 Å². The molecule has 2 aromatic heterocycles. The number of quaternary nitrogens is 1. The van der Waals surface area contributed by atoms with Crippen LogP contribution in [0, 0.1) is 0 Å². The van der Waals surface area contributed by atoms with E-state index in [0.29, 0.717) is 31.7 Å². The van der Waals surface area contributed by atoms with E-state index in [2.05, 4.69) is 4.98 Å². The molecular weight excluding hydrogens is 394 g/mol. The van der Waals surface area contributed by atoms with Crippen LogP contribution in [0.15, 0.2) is 48.8 Å². The molecular formula is C24H30N3O4+. The van der Waals surface area contributed by atoms with E-state index in [0.717, 1.165) is 22.3 Å². The molecule has 1 aliphatic heterocycles. The monoisotopic (exact) mass is 424 g/mol. The number of carbonyl (C=O) groups is 1. The lowest BCUT2D eigenvalue weighted by molar-refractivity contribution is -0.908. The van der Waals surface area contributed by atoms with Crippen molar-refractivity contribution in [2.75, 3.05) is 13.1 Å². The zero-order valence-corrected chi connectivity index (χ0v) is 18.3. The van der Waals surface area contributed by atoms with Crippen LogP contribution in [-0.2, 0) is 6.61 Å². The Morgan fingerprint density at radius 2 is 1.94 bits per heavy atom. The quantitative estimate of drug-likeness (QED) is 0.608. The first-order chi connectivity index (χ1) is 14.7. The number of pyridine rings is 1. The molecule has 0 atom stereocenters. The Balaban J connectivity index is 1.45. The third-order valence-corrected chi connectivity index (χ3v) is 6.52. The third kappa shape index (κ3) is 3.91. The minimum absolute atomic E-state index is 0.00934. The summed E-state index contributed by atoms with van der Waals surface area (Å²) in [5.74, 6) is 1.48. The van der Waals surface area contributed by atoms with Crippen LogP contribution >= 0.6 is 0 Å². The van der Waals surface area contributed by atoms with Gasteiger partial charge in [-0.15, -0.1) is 0 Å². The fourth-order valence-electron chi connectivity index (χ4n) is 4.52. The average molecular weight is 425 g/mol. The topological polar surface area (TPSA) is 84.6 Å². The fourth-order valence-corrected chi connectivity index (χ4v) is 4.52. The van der Waals surface area contributed by atoms with Gasteiger partial charge in [0.05, 0.1) is 31.4 Å². The molecule has 31 heavy (non-hydrogen) atoms. The number of piperidine rings is 1. The molecule has 0 unspecified atom stereocenters. The molecule has 1 aliphatic rings. The zero-order valence-electron chi connectivity index (χ0n) is 18.3. The van der Waals surface area contributed by atoms with Gasteiger partial charge in [-0.05, 0) is 56.7 Å². The number of amides is 1. The lowest BCUT2D eigenvalue weighted by atomic mass is 9.95. The van der Waals surface area contributed by atoms with Crippen LogP contribution < -0.4 is 4.74 Å². The third-order valence-electron chi connectivity index (χ3n) is 6.52. The van der Waals surface area contributed by atoms with E-state index in [9.17, 15) is 15.0 Å². The lowest BCUT2D eigenvalue weighted by Crippen LogP contribution is -2.66. The largest absolute Gasteiger partial charge is 0.513 e. The van der Waals surface area contributed by atoms with E-state index in [1.165, 1.54) is 0 Å². The van der Waals surface area contributed by atoms with Gasteiger partial charge in [0.2, 0.25) is 0 Å². The number of carboxylic acid groups (broad SMARTS) is 1. The zero-order chi connectivity index (χ0) is 22.2. The predicted molar refractivity (Wildman–Crippen MR) is 118 cm³/mol. The highest BCUT2D eigenvalue weighted by atomic mass is 16.5. The Labute approximate surface area is 182 Å². The van der Waals surface area contributed by atoms with Crippen molar-refractivity contribution in [2.45, 2.75) is 51.9 Å². The Hall–Kier alpha value is -2.90. The van der Waals surface area contributed by atoms with Gasteiger partial charge in [-0.3, -0.25) is 0 Å². The number of aliphatic hydroxyl groups is 1. The van der Waals surface area contributed by atoms with Crippen molar-refractivity contribution >= 4 is 17.0 Å². The van der Waals surface area contributed by atoms with Gasteiger partial charge >= 0.3 is 6.09 Å². The first-order valence-electron chi connectivity index (χ1n) is 10.7. The Morgan fingerprint density at radius 3 is 2.52 bits per heavy atom. The number of aliphatic hydroxyl groups excluding tert-OH is 1. The smallest absolute Gasteiger partial charge is 0.488 e. The van der Waals surface area contributed by atoms with Crippen molar-refractivity contribution < 1.29 is 24.2 Å². The average Bonchev–Trinajstić information content (AvgIpc) is 3.17. The number of benzene rings is 1. The van der Waals surface area contributed by atoms with Crippen LogP contribution in [0.25, 0.3) is 16.7 Å². The number of likely N-dealkylation sites (tertiary alicyclic amines) is 1. The second-order valence-corrected chi connectivity index (χ2v) is 9.27. The van der Waals surface area contributed by atoms with Crippen LogP contribution in [0.3, 0.4) is 0 Å². The van der Waals surface area contributed by atoms with E-state index in [-0.39, 0.29) is 22.7 Å². The minimum atomic E-state index is -0.762. The van der Waals surface area contributed by atoms with E-state index < -0.39 is 6.09 Å². The van der Waals surface area contributed by atoms with E-state index in [1.807, 2.05) is 67.9 Å². The number of rotatable bonds is 4. The van der Waals surface area contributed by atoms with Gasteiger partial charge in [0, 0.05) is 24.4 Å². The summed E-state index contributed by atoms with van der Waals surface area (Å²) in [7, 11) is 0. The lowest BCUT2D eigenvalue weighted by Gasteiger charge is -2.47. The Kier molecular flexibility index (Phi) is 5.49. The first-order valence-corrected chi connectivity index (χ1v) is 10.7. The highest BCUT2D eigenvalue weighted by molar-refractivity contribution is 5.82. The fraction of sp³-hybridized carbons (Fsp3) is 0.417. The molecule has 164 valence electrons. The van der Waals surface area contributed by atoms with Gasteiger partial charge in [-0.2, -0.15) is 4.79 Å². The van der Waals surface area contributed by atoms with Gasteiger partial charge in [-0.25, -0.2) is 9.47 Å². The summed E-state index contributed by atoms with van der Waals surface area (Å²) in [5, 5.41) is 20.2. The van der Waals surface area contributed by atoms with Crippen LogP contribution in [0.2, 0.25) is 0 Å². The van der Waals surface area contributed by atoms with E-state index in [1.54, 1.807) is 6.20 Å². The molecule has 0 spiro atoms. The first kappa shape index (κ1) is 21.3. The van der Waals surface area contributed by atoms with Crippen molar-refractivity contribution in [1.29, 1.82) is 0 Å². The second kappa shape index (κ2) is 7.98. The van der Waals surface area contributed by atoms with Crippen molar-refractivity contribution in [3.05, 3.63) is 54.4 Å². The molecule has 1 fully saturated rings. The van der Waals surface area contributed by atoms with Gasteiger partial charge in [0.15, 0.2) is 0 Å². The van der Waals surface area contributed by atoms with Crippen LogP contribution in [0.5, 0.6) is 5.75 Å². The molecule has 1 aromatic carbocycles. The van der Waals surface area contributed by atoms with Crippen LogP contribution in [-0.4, -0.2) is 55.1 Å². The van der Waals surface area contributed by atoms with Crippen molar-refractivity contribution in [2.24, 2.45) is 0 Å². The summed E-state index contributed by atoms with van der Waals surface area (Å²) in [4.78, 5) is 16.5. The van der Waals surface area contributed by atoms with Crippen LogP contribution in [0.1, 0.15) is 39.2 Å². The SMILES string of the molecule is CC(C)(C)[N+]1(C(=O)O)CCC(Oc2ccc(-n3ccc4cc(CO)ccc43)nc2)CC1. The maximum Gasteiger partial charge on any atom is 0.513 e. The maximum atomic E-state index is 12.0. The molecule has 0 bridgehead atoms. The number of ether oxygens (including phenoxy) is 1. The number of aromatic nitrogens is 2. The molecule has 3 heterocycles. The second-order valence-electron chi connectivity index (χ2n) is 9.27. The normalized spacial score (nSPS) is 21.9. The summed E-state index contributed by atoms with van der Waals surface area (Å²) in [6.07, 6.45) is 4.31. The molecule has 1 amide bonds. The van der Waals surface area contributed by atoms with Gasteiger partial charge < -0.3 is 19.5 Å². The highest BCUT2D eigenvalue weighted by Crippen LogP contribution is 2.32. The minimum Gasteiger partial charge on any atom is -0.488 e. The Morgan fingerprint density at radius 1 is 1.19 bits per heavy atom. The molecule has 0 radical (unpaired) electrons. The molecule has 1 saturated heterocycles. The molecule has 4 rings (SSSR count). The molecule has 0 saturated carbocycles. The summed E-state index contributed by atoms with van der Waals surface area (Å²) >= 11 is 0. The van der Waals surface area contributed by atoms with Crippen molar-refractivity contribution in [3.8, 4) is 11.6 Å². The summed E-state index contributed by atoms with van der Waals surface area (Å²) in [5.41, 5.74) is 1.55. The summed E-state index contributed by atoms with van der Waals surface area (Å²) < 4.78 is 8.20. The summed E-state index contributed by atoms with van der Waals surface area (Å²) in [6, 6.07) is 11.7. The standard InChI is InChI=1S/C24H29N3O4/c1-24(2,3)27(23(29)30)12-9-19(10-13-27)31-20-5-7-22(25-15-20)26-11-8-18-14-17(16-28)4-6-21(18)26/h4-8,11,14-15,19,28H,9-10,12-13,16H2,1-3H3/p+1. The van der Waals surface area contributed by atoms with Gasteiger partial charge in [0.25, 0.3) is 0 Å². The number of fused-ring (bicyclic) bond motifs is 1.